The van der Waals surface area contributed by atoms with Gasteiger partial charge in [0.15, 0.2) is 11.2 Å². The second-order valence-electron chi connectivity index (χ2n) is 4.93. The van der Waals surface area contributed by atoms with E-state index in [9.17, 15) is 9.90 Å². The van der Waals surface area contributed by atoms with Crippen molar-refractivity contribution in [2.24, 2.45) is 0 Å². The van der Waals surface area contributed by atoms with E-state index in [0.29, 0.717) is 5.65 Å². The van der Waals surface area contributed by atoms with Gasteiger partial charge in [-0.15, -0.1) is 0 Å². The van der Waals surface area contributed by atoms with Crippen molar-refractivity contribution in [2.45, 2.75) is 45.4 Å². The van der Waals surface area contributed by atoms with Gasteiger partial charge in [-0.1, -0.05) is 26.2 Å². The zero-order chi connectivity index (χ0) is 15.2. The summed E-state index contributed by atoms with van der Waals surface area (Å²) in [4.78, 5) is 22.1. The molecule has 0 aliphatic carbocycles. The van der Waals surface area contributed by atoms with Crippen LogP contribution in [0.2, 0.25) is 0 Å². The normalized spacial score (nSPS) is 12.9. The van der Waals surface area contributed by atoms with Crippen molar-refractivity contribution in [3.8, 4) is 0 Å². The molecule has 4 N–H and O–H groups in total. The van der Waals surface area contributed by atoms with E-state index in [2.05, 4.69) is 21.9 Å². The number of nitrogens with zero attached hydrogens (tertiary/aromatic N) is 3. The van der Waals surface area contributed by atoms with Gasteiger partial charge in [0, 0.05) is 0 Å². The fraction of sp³-hybridized carbons (Fsp3) is 0.615. The van der Waals surface area contributed by atoms with E-state index in [0.717, 1.165) is 25.7 Å². The molecule has 1 unspecified atom stereocenters. The van der Waals surface area contributed by atoms with E-state index < -0.39 is 0 Å². The highest BCUT2D eigenvalue weighted by Gasteiger charge is 2.12. The lowest BCUT2D eigenvalue weighted by molar-refractivity contribution is -0.0275. The third-order valence-electron chi connectivity index (χ3n) is 3.28. The number of aliphatic hydroxyl groups is 1. The summed E-state index contributed by atoms with van der Waals surface area (Å²) in [6.07, 6.45) is 5.29. The highest BCUT2D eigenvalue weighted by Crippen LogP contribution is 2.10. The fourth-order valence-electron chi connectivity index (χ4n) is 2.10. The molecule has 8 heteroatoms. The van der Waals surface area contributed by atoms with Gasteiger partial charge in [0.2, 0.25) is 5.95 Å². The monoisotopic (exact) mass is 295 g/mol. The second-order valence-corrected chi connectivity index (χ2v) is 4.93. The van der Waals surface area contributed by atoms with Crippen LogP contribution in [-0.4, -0.2) is 37.3 Å². The Morgan fingerprint density at radius 2 is 2.33 bits per heavy atom. The zero-order valence-electron chi connectivity index (χ0n) is 12.1. The molecule has 0 bridgehead atoms. The van der Waals surface area contributed by atoms with Crippen LogP contribution in [0.4, 0.5) is 5.95 Å². The van der Waals surface area contributed by atoms with Crippen molar-refractivity contribution < 1.29 is 9.84 Å². The van der Waals surface area contributed by atoms with E-state index in [-0.39, 0.29) is 36.5 Å². The van der Waals surface area contributed by atoms with Gasteiger partial charge in [-0.25, -0.2) is 4.98 Å². The maximum absolute atomic E-state index is 11.6. The molecule has 8 nitrogen and oxygen atoms in total. The molecule has 1 atom stereocenters. The maximum Gasteiger partial charge on any atom is 0.280 e. The SMILES string of the molecule is CCCCCC(CO)OCn1cnc2c(=O)[nH]c(N)nc21. The van der Waals surface area contributed by atoms with E-state index in [1.807, 2.05) is 0 Å². The topological polar surface area (TPSA) is 119 Å². The average Bonchev–Trinajstić information content (AvgIpc) is 2.86. The molecule has 0 fully saturated rings. The summed E-state index contributed by atoms with van der Waals surface area (Å²) in [5, 5.41) is 9.31. The lowest BCUT2D eigenvalue weighted by Gasteiger charge is -2.15. The molecule has 0 radical (unpaired) electrons. The van der Waals surface area contributed by atoms with Gasteiger partial charge in [0.25, 0.3) is 5.56 Å². The molecule has 0 spiro atoms. The number of aromatic nitrogens is 4. The number of hydrogen-bond donors (Lipinski definition) is 3. The number of rotatable bonds is 8. The summed E-state index contributed by atoms with van der Waals surface area (Å²) in [5.74, 6) is 0.0379. The lowest BCUT2D eigenvalue weighted by atomic mass is 10.1. The number of H-pyrrole nitrogens is 1. The third-order valence-corrected chi connectivity index (χ3v) is 3.28. The second kappa shape index (κ2) is 7.19. The standard InChI is InChI=1S/C13H21N5O3/c1-2-3-4-5-9(6-19)21-8-18-7-15-10-11(18)16-13(14)17-12(10)20/h7,9,19H,2-6,8H2,1H3,(H3,14,16,17,20). The smallest absolute Gasteiger partial charge is 0.280 e. The number of aliphatic hydroxyl groups excluding tert-OH is 1. The number of aromatic amines is 1. The van der Waals surface area contributed by atoms with E-state index in [1.165, 1.54) is 6.33 Å². The van der Waals surface area contributed by atoms with Gasteiger partial charge in [-0.05, 0) is 6.42 Å². The molecule has 0 aliphatic heterocycles. The molecule has 0 aliphatic rings. The number of hydrogen-bond acceptors (Lipinski definition) is 6. The van der Waals surface area contributed by atoms with Gasteiger partial charge in [-0.2, -0.15) is 4.98 Å². The van der Waals surface area contributed by atoms with Crippen LogP contribution in [0.15, 0.2) is 11.1 Å². The van der Waals surface area contributed by atoms with Crippen LogP contribution >= 0.6 is 0 Å². The molecule has 0 aromatic carbocycles. The van der Waals surface area contributed by atoms with Crippen LogP contribution in [0.1, 0.15) is 32.6 Å². The molecule has 2 aromatic heterocycles. The summed E-state index contributed by atoms with van der Waals surface area (Å²) < 4.78 is 7.25. The Balaban J connectivity index is 2.04. The summed E-state index contributed by atoms with van der Waals surface area (Å²) in [5.41, 5.74) is 5.75. The molecule has 21 heavy (non-hydrogen) atoms. The first-order valence-corrected chi connectivity index (χ1v) is 7.08. The molecule has 0 amide bonds. The number of ether oxygens (including phenoxy) is 1. The summed E-state index contributed by atoms with van der Waals surface area (Å²) >= 11 is 0. The van der Waals surface area contributed by atoms with Crippen molar-refractivity contribution in [2.75, 3.05) is 12.3 Å². The fourth-order valence-corrected chi connectivity index (χ4v) is 2.10. The Hall–Kier alpha value is -1.93. The first-order valence-electron chi connectivity index (χ1n) is 7.08. The maximum atomic E-state index is 11.6. The van der Waals surface area contributed by atoms with Crippen LogP contribution in [0.25, 0.3) is 11.2 Å². The molecular formula is C13H21N5O3. The molecule has 0 saturated carbocycles. The van der Waals surface area contributed by atoms with Crippen LogP contribution in [0.5, 0.6) is 0 Å². The predicted molar refractivity (Wildman–Crippen MR) is 78.7 cm³/mol. The van der Waals surface area contributed by atoms with Crippen LogP contribution in [-0.2, 0) is 11.5 Å². The van der Waals surface area contributed by atoms with Gasteiger partial charge < -0.3 is 15.6 Å². The van der Waals surface area contributed by atoms with Gasteiger partial charge >= 0.3 is 0 Å². The number of nitrogen functional groups attached to an aromatic ring is 1. The predicted octanol–water partition coefficient (Wildman–Crippen LogP) is 0.617. The van der Waals surface area contributed by atoms with Crippen molar-refractivity contribution in [3.05, 3.63) is 16.7 Å². The molecule has 2 heterocycles. The van der Waals surface area contributed by atoms with Gasteiger partial charge in [-0.3, -0.25) is 14.3 Å². The van der Waals surface area contributed by atoms with Gasteiger partial charge in [0.1, 0.15) is 6.73 Å². The molecule has 116 valence electrons. The number of anilines is 1. The number of nitrogens with two attached hydrogens (primary N) is 1. The largest absolute Gasteiger partial charge is 0.394 e. The Morgan fingerprint density at radius 1 is 1.52 bits per heavy atom. The average molecular weight is 295 g/mol. The molecule has 2 rings (SSSR count). The number of unbranched alkanes of at least 4 members (excludes halogenated alkanes) is 2. The minimum Gasteiger partial charge on any atom is -0.394 e. The van der Waals surface area contributed by atoms with Crippen molar-refractivity contribution >= 4 is 17.1 Å². The summed E-state index contributed by atoms with van der Waals surface area (Å²) in [6, 6.07) is 0. The minimum absolute atomic E-state index is 0.0352. The highest BCUT2D eigenvalue weighted by atomic mass is 16.5. The molecule has 2 aromatic rings. The number of imidazole rings is 1. The Kier molecular flexibility index (Phi) is 5.29. The van der Waals surface area contributed by atoms with E-state index >= 15 is 0 Å². The van der Waals surface area contributed by atoms with E-state index in [4.69, 9.17) is 10.5 Å². The Morgan fingerprint density at radius 3 is 3.05 bits per heavy atom. The third kappa shape index (κ3) is 3.79. The summed E-state index contributed by atoms with van der Waals surface area (Å²) in [7, 11) is 0. The number of fused-ring (bicyclic) bond motifs is 1. The first kappa shape index (κ1) is 15.5. The van der Waals surface area contributed by atoms with Crippen molar-refractivity contribution in [3.63, 3.8) is 0 Å². The highest BCUT2D eigenvalue weighted by molar-refractivity contribution is 5.70. The zero-order valence-corrected chi connectivity index (χ0v) is 12.1. The van der Waals surface area contributed by atoms with Gasteiger partial charge in [0.05, 0.1) is 19.0 Å². The molecular weight excluding hydrogens is 274 g/mol. The minimum atomic E-state index is -0.377. The number of nitrogens with one attached hydrogen (secondary N) is 1. The lowest BCUT2D eigenvalue weighted by Crippen LogP contribution is -2.20. The van der Waals surface area contributed by atoms with Crippen LogP contribution in [0.3, 0.4) is 0 Å². The van der Waals surface area contributed by atoms with Crippen molar-refractivity contribution in [1.82, 2.24) is 19.5 Å². The van der Waals surface area contributed by atoms with Crippen molar-refractivity contribution in [1.29, 1.82) is 0 Å². The summed E-state index contributed by atoms with van der Waals surface area (Å²) in [6.45, 7) is 2.26. The Bertz CT molecular complexity index is 636. The molecule has 0 saturated heterocycles. The quantitative estimate of drug-likeness (QED) is 0.614. The van der Waals surface area contributed by atoms with Crippen LogP contribution in [0, 0.1) is 0 Å². The van der Waals surface area contributed by atoms with Crippen LogP contribution < -0.4 is 11.3 Å². The Labute approximate surface area is 122 Å². The van der Waals surface area contributed by atoms with E-state index in [1.54, 1.807) is 4.57 Å². The first-order chi connectivity index (χ1) is 10.2.